The van der Waals surface area contributed by atoms with Crippen molar-refractivity contribution < 1.29 is 14.3 Å². The van der Waals surface area contributed by atoms with Gasteiger partial charge in [0.1, 0.15) is 12.2 Å². The van der Waals surface area contributed by atoms with Gasteiger partial charge in [0, 0.05) is 0 Å². The van der Waals surface area contributed by atoms with Gasteiger partial charge in [0.05, 0.1) is 0 Å². The molecule has 0 spiro atoms. The number of carbonyl (C=O) groups excluding carboxylic acids is 1. The van der Waals surface area contributed by atoms with Crippen molar-refractivity contribution in [2.75, 3.05) is 0 Å². The van der Waals surface area contributed by atoms with Gasteiger partial charge < -0.3 is 9.47 Å². The van der Waals surface area contributed by atoms with Crippen LogP contribution < -0.4 is 0 Å². The normalized spacial score (nSPS) is 12.6. The van der Waals surface area contributed by atoms with Crippen LogP contribution in [0.5, 0.6) is 0 Å². The van der Waals surface area contributed by atoms with Crippen molar-refractivity contribution in [2.24, 2.45) is 0 Å². The molecule has 2 unspecified atom stereocenters. The molecule has 0 amide bonds. The Morgan fingerprint density at radius 3 is 0.488 bits per heavy atom. The number of rotatable bonds is 74. The minimum Gasteiger partial charge on any atom is -0.431 e. The van der Waals surface area contributed by atoms with Crippen LogP contribution in [0.15, 0.2) is 24.3 Å². The Hall–Kier alpha value is -1.25. The van der Waals surface area contributed by atoms with Crippen LogP contribution in [0.2, 0.25) is 0 Å². The maximum absolute atomic E-state index is 13.7. The molecule has 0 radical (unpaired) electrons. The fraction of sp³-hybridized carbons (Fsp3) is 0.938. The van der Waals surface area contributed by atoms with E-state index < -0.39 is 0 Å². The van der Waals surface area contributed by atoms with Gasteiger partial charge in [0.15, 0.2) is 0 Å². The lowest BCUT2D eigenvalue weighted by Crippen LogP contribution is -2.24. The highest BCUT2D eigenvalue weighted by Crippen LogP contribution is 2.23. The Morgan fingerprint density at radius 2 is 0.333 bits per heavy atom. The molecule has 0 rings (SSSR count). The maximum atomic E-state index is 13.7. The van der Waals surface area contributed by atoms with Crippen molar-refractivity contribution in [3.8, 4) is 0 Å². The van der Waals surface area contributed by atoms with Crippen LogP contribution in [0.4, 0.5) is 4.79 Å². The zero-order valence-corrected chi connectivity index (χ0v) is 58.7. The van der Waals surface area contributed by atoms with Gasteiger partial charge in [0.25, 0.3) is 0 Å². The molecular formula is C81H158O3. The first-order valence-corrected chi connectivity index (χ1v) is 39.8. The Labute approximate surface area is 531 Å². The smallest absolute Gasteiger partial charge is 0.431 e. The molecule has 0 saturated heterocycles. The largest absolute Gasteiger partial charge is 0.508 e. The Balaban J connectivity index is 4.93. The van der Waals surface area contributed by atoms with E-state index in [4.69, 9.17) is 9.47 Å². The zero-order chi connectivity index (χ0) is 60.5. The predicted octanol–water partition coefficient (Wildman–Crippen LogP) is 30.4. The first-order valence-electron chi connectivity index (χ1n) is 39.8. The molecule has 2 atom stereocenters. The van der Waals surface area contributed by atoms with Crippen LogP contribution >= 0.6 is 0 Å². The number of hydrogen-bond acceptors (Lipinski definition) is 3. The lowest BCUT2D eigenvalue weighted by Gasteiger charge is -2.22. The van der Waals surface area contributed by atoms with Crippen molar-refractivity contribution in [1.29, 1.82) is 0 Å². The fourth-order valence-corrected chi connectivity index (χ4v) is 13.0. The quantitative estimate of drug-likeness (QED) is 0.0346. The van der Waals surface area contributed by atoms with E-state index >= 15 is 0 Å². The summed E-state index contributed by atoms with van der Waals surface area (Å²) in [7, 11) is 0. The topological polar surface area (TPSA) is 35.5 Å². The molecule has 0 bridgehead atoms. The third-order valence-corrected chi connectivity index (χ3v) is 18.9. The average Bonchev–Trinajstić information content (AvgIpc) is 3.49. The summed E-state index contributed by atoms with van der Waals surface area (Å²) in [5, 5.41) is 0. The zero-order valence-electron chi connectivity index (χ0n) is 58.7. The lowest BCUT2D eigenvalue weighted by molar-refractivity contribution is -0.0121. The Bertz CT molecular complexity index is 1150. The maximum Gasteiger partial charge on any atom is 0.508 e. The standard InChI is InChI=1S/C81H158O3/c1-5-9-13-17-21-25-29-33-37-39-41-43-45-49-53-57-61-65-69-73-77-79(75-71-67-63-59-55-51-47-35-31-27-23-19-15-11-7-3)83-81(82)84-80(76-72-68-64-60-56-52-48-36-32-28-24-20-16-12-8-4)78-74-70-66-62-58-54-50-46-44-42-40-38-34-30-26-22-18-14-10-6-2/h35-36,47-48,79-80H,5-34,37-46,49-78H2,1-4H3/b47-35-,48-36-. The van der Waals surface area contributed by atoms with Crippen molar-refractivity contribution in [2.45, 2.75) is 489 Å². The molecule has 0 aromatic carbocycles. The minimum absolute atomic E-state index is 0.00170. The SMILES string of the molecule is CCCCCCCC/C=C\CCCCCCCC(CCCCCCCCCCCCCCCCCCCCCC)OC(=O)OC(CCCCCCC/C=C\CCCCCCCC)CCCCCCCCCCCCCCCCCCCCCC. The summed E-state index contributed by atoms with van der Waals surface area (Å²) in [6, 6.07) is 0. The molecule has 0 fully saturated rings. The molecule has 0 N–H and O–H groups in total. The number of hydrogen-bond donors (Lipinski definition) is 0. The van der Waals surface area contributed by atoms with Crippen LogP contribution in [-0.2, 0) is 9.47 Å². The second-order valence-electron chi connectivity index (χ2n) is 27.5. The van der Waals surface area contributed by atoms with Crippen molar-refractivity contribution in [1.82, 2.24) is 0 Å². The average molecular weight is 1180 g/mol. The molecule has 84 heavy (non-hydrogen) atoms. The van der Waals surface area contributed by atoms with E-state index in [2.05, 4.69) is 52.0 Å². The molecule has 0 aliphatic heterocycles. The second-order valence-corrected chi connectivity index (χ2v) is 27.5. The molecule has 500 valence electrons. The first-order chi connectivity index (χ1) is 41.7. The molecule has 0 saturated carbocycles. The highest BCUT2D eigenvalue weighted by atomic mass is 16.7. The van der Waals surface area contributed by atoms with E-state index in [0.29, 0.717) is 0 Å². The lowest BCUT2D eigenvalue weighted by atomic mass is 10.0. The van der Waals surface area contributed by atoms with Gasteiger partial charge in [-0.25, -0.2) is 4.79 Å². The van der Waals surface area contributed by atoms with Crippen molar-refractivity contribution in [3.63, 3.8) is 0 Å². The second kappa shape index (κ2) is 76.0. The number of unbranched alkanes of at least 4 members (excludes halogenated alkanes) is 60. The van der Waals surface area contributed by atoms with Gasteiger partial charge in [0.2, 0.25) is 0 Å². The monoisotopic (exact) mass is 1180 g/mol. The van der Waals surface area contributed by atoms with E-state index in [1.807, 2.05) is 0 Å². The summed E-state index contributed by atoms with van der Waals surface area (Å²) in [6.45, 7) is 9.23. The molecule has 0 aromatic heterocycles. The molecule has 0 aromatic rings. The number of carbonyl (C=O) groups is 1. The summed E-state index contributed by atoms with van der Waals surface area (Å²) in [6.07, 6.45) is 104. The van der Waals surface area contributed by atoms with Gasteiger partial charge in [-0.1, -0.05) is 399 Å². The third-order valence-electron chi connectivity index (χ3n) is 18.9. The first kappa shape index (κ1) is 82.8. The molecule has 3 nitrogen and oxygen atoms in total. The molecule has 0 heterocycles. The summed E-state index contributed by atoms with van der Waals surface area (Å²) in [4.78, 5) is 13.7. The number of allylic oxidation sites excluding steroid dienone is 4. The molecule has 3 heteroatoms. The number of ether oxygens (including phenoxy) is 2. The summed E-state index contributed by atoms with van der Waals surface area (Å²) in [5.74, 6) is 0. The molecule has 0 aliphatic carbocycles. The van der Waals surface area contributed by atoms with E-state index in [1.54, 1.807) is 0 Å². The van der Waals surface area contributed by atoms with Gasteiger partial charge in [-0.2, -0.15) is 0 Å². The highest BCUT2D eigenvalue weighted by Gasteiger charge is 2.20. The third kappa shape index (κ3) is 71.5. The van der Waals surface area contributed by atoms with Crippen molar-refractivity contribution >= 4 is 6.16 Å². The van der Waals surface area contributed by atoms with Crippen molar-refractivity contribution in [3.05, 3.63) is 24.3 Å². The Morgan fingerprint density at radius 1 is 0.202 bits per heavy atom. The van der Waals surface area contributed by atoms with Crippen LogP contribution in [0.3, 0.4) is 0 Å². The fourth-order valence-electron chi connectivity index (χ4n) is 13.0. The van der Waals surface area contributed by atoms with Gasteiger partial charge in [-0.05, 0) is 103 Å². The Kier molecular flexibility index (Phi) is 74.9. The van der Waals surface area contributed by atoms with Crippen LogP contribution in [0, 0.1) is 0 Å². The van der Waals surface area contributed by atoms with E-state index in [-0.39, 0.29) is 18.4 Å². The van der Waals surface area contributed by atoms with E-state index in [9.17, 15) is 4.79 Å². The highest BCUT2D eigenvalue weighted by molar-refractivity contribution is 5.60. The van der Waals surface area contributed by atoms with Gasteiger partial charge in [-0.15, -0.1) is 0 Å². The summed E-state index contributed by atoms with van der Waals surface area (Å²) >= 11 is 0. The predicted molar refractivity (Wildman–Crippen MR) is 379 cm³/mol. The van der Waals surface area contributed by atoms with Crippen LogP contribution in [-0.4, -0.2) is 18.4 Å². The molecular weight excluding hydrogens is 1020 g/mol. The van der Waals surface area contributed by atoms with Crippen LogP contribution in [0.1, 0.15) is 477 Å². The summed E-state index contributed by atoms with van der Waals surface area (Å²) in [5.41, 5.74) is 0. The van der Waals surface area contributed by atoms with Gasteiger partial charge in [-0.3, -0.25) is 0 Å². The van der Waals surface area contributed by atoms with Gasteiger partial charge >= 0.3 is 6.16 Å². The minimum atomic E-state index is -0.369. The van der Waals surface area contributed by atoms with E-state index in [1.165, 1.54) is 411 Å². The van der Waals surface area contributed by atoms with Crippen LogP contribution in [0.25, 0.3) is 0 Å². The molecule has 0 aliphatic rings. The summed E-state index contributed by atoms with van der Waals surface area (Å²) < 4.78 is 12.7. The van der Waals surface area contributed by atoms with E-state index in [0.717, 1.165) is 38.5 Å².